The van der Waals surface area contributed by atoms with Gasteiger partial charge in [0, 0.05) is 21.9 Å². The summed E-state index contributed by atoms with van der Waals surface area (Å²) in [6.07, 6.45) is 0.304. The summed E-state index contributed by atoms with van der Waals surface area (Å²) >= 11 is 5.27. The molecule has 0 saturated carbocycles. The van der Waals surface area contributed by atoms with E-state index in [-0.39, 0.29) is 0 Å². The Kier molecular flexibility index (Phi) is 5.78. The minimum atomic E-state index is -0.427. The van der Waals surface area contributed by atoms with E-state index in [2.05, 4.69) is 52.3 Å². The number of halogens is 1. The molecule has 108 valence electrons. The Morgan fingerprint density at radius 1 is 1.25 bits per heavy atom. The molecule has 4 heteroatoms. The van der Waals surface area contributed by atoms with Gasteiger partial charge in [-0.3, -0.25) is 4.90 Å². The van der Waals surface area contributed by atoms with Gasteiger partial charge in [0.1, 0.15) is 0 Å². The molecule has 2 atom stereocenters. The van der Waals surface area contributed by atoms with E-state index in [1.807, 2.05) is 24.3 Å². The van der Waals surface area contributed by atoms with E-state index in [1.54, 1.807) is 11.3 Å². The first-order chi connectivity index (χ1) is 9.59. The summed E-state index contributed by atoms with van der Waals surface area (Å²) in [6, 6.07) is 12.5. The number of hydrogen-bond donors (Lipinski definition) is 1. The van der Waals surface area contributed by atoms with Crippen LogP contribution in [0.1, 0.15) is 35.9 Å². The van der Waals surface area contributed by atoms with Crippen LogP contribution in [0.4, 0.5) is 0 Å². The summed E-state index contributed by atoms with van der Waals surface area (Å²) in [5, 5.41) is 12.4. The van der Waals surface area contributed by atoms with Crippen LogP contribution in [-0.4, -0.2) is 23.6 Å². The zero-order valence-corrected chi connectivity index (χ0v) is 14.2. The number of aliphatic hydroxyl groups is 1. The smallest absolute Gasteiger partial charge is 0.0813 e. The van der Waals surface area contributed by atoms with Crippen molar-refractivity contribution < 1.29 is 5.11 Å². The standard InChI is InChI=1S/C16H20BrNOS/c1-12(16-8-5-11-20-16)18(2)10-9-15(19)13-6-3-4-7-14(13)17/h3-8,11-12,15,19H,9-10H2,1-2H3. The first-order valence-corrected chi connectivity index (χ1v) is 8.43. The Morgan fingerprint density at radius 2 is 2.00 bits per heavy atom. The number of nitrogens with zero attached hydrogens (tertiary/aromatic N) is 1. The molecule has 0 spiro atoms. The predicted octanol–water partition coefficient (Wildman–Crippen LogP) is 4.63. The summed E-state index contributed by atoms with van der Waals surface area (Å²) in [6.45, 7) is 3.07. The molecule has 0 radical (unpaired) electrons. The van der Waals surface area contributed by atoms with Crippen molar-refractivity contribution in [2.24, 2.45) is 0 Å². The van der Waals surface area contributed by atoms with Crippen LogP contribution < -0.4 is 0 Å². The highest BCUT2D eigenvalue weighted by molar-refractivity contribution is 9.10. The van der Waals surface area contributed by atoms with Crippen molar-refractivity contribution in [3.05, 3.63) is 56.7 Å². The zero-order chi connectivity index (χ0) is 14.5. The fourth-order valence-corrected chi connectivity index (χ4v) is 3.56. The van der Waals surface area contributed by atoms with Gasteiger partial charge in [0.15, 0.2) is 0 Å². The fraction of sp³-hybridized carbons (Fsp3) is 0.375. The van der Waals surface area contributed by atoms with Crippen molar-refractivity contribution in [2.75, 3.05) is 13.6 Å². The van der Waals surface area contributed by atoms with Gasteiger partial charge in [-0.05, 0) is 43.5 Å². The maximum Gasteiger partial charge on any atom is 0.0813 e. The van der Waals surface area contributed by atoms with Crippen molar-refractivity contribution in [3.8, 4) is 0 Å². The average Bonchev–Trinajstić information content (AvgIpc) is 2.98. The van der Waals surface area contributed by atoms with Gasteiger partial charge >= 0.3 is 0 Å². The lowest BCUT2D eigenvalue weighted by atomic mass is 10.1. The molecule has 2 unspecified atom stereocenters. The molecule has 1 aromatic heterocycles. The number of benzene rings is 1. The normalized spacial score (nSPS) is 14.4. The number of aliphatic hydroxyl groups excluding tert-OH is 1. The van der Waals surface area contributed by atoms with E-state index >= 15 is 0 Å². The highest BCUT2D eigenvalue weighted by Gasteiger charge is 2.16. The average molecular weight is 354 g/mol. The third-order valence-electron chi connectivity index (χ3n) is 3.64. The Balaban J connectivity index is 1.90. The highest BCUT2D eigenvalue weighted by atomic mass is 79.9. The van der Waals surface area contributed by atoms with Crippen LogP contribution in [0.3, 0.4) is 0 Å². The van der Waals surface area contributed by atoms with Gasteiger partial charge < -0.3 is 5.11 Å². The number of rotatable bonds is 6. The first-order valence-electron chi connectivity index (χ1n) is 6.75. The van der Waals surface area contributed by atoms with E-state index in [0.29, 0.717) is 6.04 Å². The van der Waals surface area contributed by atoms with E-state index < -0.39 is 6.10 Å². The van der Waals surface area contributed by atoms with Crippen molar-refractivity contribution in [3.63, 3.8) is 0 Å². The predicted molar refractivity (Wildman–Crippen MR) is 89.1 cm³/mol. The fourth-order valence-electron chi connectivity index (χ4n) is 2.17. The van der Waals surface area contributed by atoms with Gasteiger partial charge in [0.25, 0.3) is 0 Å². The van der Waals surface area contributed by atoms with Crippen molar-refractivity contribution in [1.29, 1.82) is 0 Å². The summed E-state index contributed by atoms with van der Waals surface area (Å²) in [7, 11) is 2.11. The van der Waals surface area contributed by atoms with E-state index in [4.69, 9.17) is 0 Å². The molecule has 0 saturated heterocycles. The van der Waals surface area contributed by atoms with Crippen molar-refractivity contribution >= 4 is 27.3 Å². The molecule has 0 aliphatic carbocycles. The maximum absolute atomic E-state index is 10.3. The molecular weight excluding hydrogens is 334 g/mol. The molecule has 1 heterocycles. The van der Waals surface area contributed by atoms with E-state index in [9.17, 15) is 5.11 Å². The Bertz CT molecular complexity index is 529. The van der Waals surface area contributed by atoms with Gasteiger partial charge in [0.2, 0.25) is 0 Å². The summed E-state index contributed by atoms with van der Waals surface area (Å²) < 4.78 is 0.974. The number of hydrogen-bond acceptors (Lipinski definition) is 3. The Hall–Kier alpha value is -0.680. The van der Waals surface area contributed by atoms with Gasteiger partial charge in [-0.15, -0.1) is 11.3 Å². The van der Waals surface area contributed by atoms with Gasteiger partial charge in [-0.1, -0.05) is 40.2 Å². The van der Waals surface area contributed by atoms with Crippen LogP contribution in [-0.2, 0) is 0 Å². The van der Waals surface area contributed by atoms with Crippen LogP contribution >= 0.6 is 27.3 Å². The second kappa shape index (κ2) is 7.36. The van der Waals surface area contributed by atoms with Crippen molar-refractivity contribution in [2.45, 2.75) is 25.5 Å². The molecule has 0 aliphatic rings. The zero-order valence-electron chi connectivity index (χ0n) is 11.8. The first kappa shape index (κ1) is 15.7. The molecular formula is C16H20BrNOS. The molecule has 2 rings (SSSR count). The minimum absolute atomic E-state index is 0.390. The van der Waals surface area contributed by atoms with Crippen LogP contribution in [0.25, 0.3) is 0 Å². The molecule has 1 aromatic carbocycles. The molecule has 0 aliphatic heterocycles. The highest BCUT2D eigenvalue weighted by Crippen LogP contribution is 2.27. The quantitative estimate of drug-likeness (QED) is 0.818. The lowest BCUT2D eigenvalue weighted by molar-refractivity contribution is 0.139. The van der Waals surface area contributed by atoms with E-state index in [0.717, 1.165) is 23.0 Å². The van der Waals surface area contributed by atoms with Crippen LogP contribution in [0.15, 0.2) is 46.3 Å². The van der Waals surface area contributed by atoms with Crippen molar-refractivity contribution in [1.82, 2.24) is 4.90 Å². The molecule has 20 heavy (non-hydrogen) atoms. The topological polar surface area (TPSA) is 23.5 Å². The molecule has 1 N–H and O–H groups in total. The minimum Gasteiger partial charge on any atom is -0.388 e. The SMILES string of the molecule is CC(c1cccs1)N(C)CCC(O)c1ccccc1Br. The molecule has 0 amide bonds. The molecule has 0 bridgehead atoms. The maximum atomic E-state index is 10.3. The van der Waals surface area contributed by atoms with Gasteiger partial charge in [0.05, 0.1) is 6.10 Å². The summed E-state index contributed by atoms with van der Waals surface area (Å²) in [5.41, 5.74) is 0.963. The summed E-state index contributed by atoms with van der Waals surface area (Å²) in [5.74, 6) is 0. The second-order valence-corrected chi connectivity index (χ2v) is 6.83. The molecule has 2 nitrogen and oxygen atoms in total. The third kappa shape index (κ3) is 3.92. The molecule has 2 aromatic rings. The lowest BCUT2D eigenvalue weighted by Crippen LogP contribution is -2.24. The Morgan fingerprint density at radius 3 is 2.65 bits per heavy atom. The van der Waals surface area contributed by atoms with Gasteiger partial charge in [-0.2, -0.15) is 0 Å². The monoisotopic (exact) mass is 353 g/mol. The van der Waals surface area contributed by atoms with Crippen LogP contribution in [0, 0.1) is 0 Å². The molecule has 0 fully saturated rings. The number of thiophene rings is 1. The largest absolute Gasteiger partial charge is 0.388 e. The van der Waals surface area contributed by atoms with Crippen LogP contribution in [0.5, 0.6) is 0 Å². The third-order valence-corrected chi connectivity index (χ3v) is 5.40. The van der Waals surface area contributed by atoms with E-state index in [1.165, 1.54) is 4.88 Å². The Labute approximate surface area is 133 Å². The lowest BCUT2D eigenvalue weighted by Gasteiger charge is -2.25. The van der Waals surface area contributed by atoms with Gasteiger partial charge in [-0.25, -0.2) is 0 Å². The second-order valence-electron chi connectivity index (χ2n) is 5.00. The van der Waals surface area contributed by atoms with Crippen LogP contribution in [0.2, 0.25) is 0 Å². The summed E-state index contributed by atoms with van der Waals surface area (Å²) in [4.78, 5) is 3.65.